The molecule has 8 nitrogen and oxygen atoms in total. The molecule has 2 aromatic rings. The zero-order valence-corrected chi connectivity index (χ0v) is 18.0. The molecule has 0 saturated carbocycles. The molecule has 0 bridgehead atoms. The first-order valence-corrected chi connectivity index (χ1v) is 9.84. The first-order valence-electron chi connectivity index (χ1n) is 9.84. The summed E-state index contributed by atoms with van der Waals surface area (Å²) in [5, 5.41) is 2.17. The number of hydrogen-bond donors (Lipinski definition) is 3. The monoisotopic (exact) mass is 449 g/mol. The molecule has 10 heteroatoms. The highest BCUT2D eigenvalue weighted by Gasteiger charge is 2.15. The van der Waals surface area contributed by atoms with Crippen molar-refractivity contribution in [2.75, 3.05) is 20.3 Å². The Morgan fingerprint density at radius 2 is 1.72 bits per heavy atom. The van der Waals surface area contributed by atoms with E-state index in [-0.39, 0.29) is 5.56 Å². The SMILES string of the molecule is COc1cc(C(=O)NNC(=O)CNC(=O)c2ccc(F)cc2F)ccc1OCCC(C)C. The summed E-state index contributed by atoms with van der Waals surface area (Å²) in [5.41, 5.74) is 4.12. The molecule has 0 aliphatic rings. The Bertz CT molecular complexity index is 982. The van der Waals surface area contributed by atoms with Gasteiger partial charge < -0.3 is 14.8 Å². The molecule has 2 aromatic carbocycles. The van der Waals surface area contributed by atoms with Crippen molar-refractivity contribution >= 4 is 17.7 Å². The molecular weight excluding hydrogens is 424 g/mol. The molecule has 0 spiro atoms. The molecule has 32 heavy (non-hydrogen) atoms. The Labute approximate surface area is 184 Å². The Hall–Kier alpha value is -3.69. The van der Waals surface area contributed by atoms with Crippen molar-refractivity contribution in [3.63, 3.8) is 0 Å². The van der Waals surface area contributed by atoms with Crippen LogP contribution >= 0.6 is 0 Å². The lowest BCUT2D eigenvalue weighted by Gasteiger charge is -2.13. The largest absolute Gasteiger partial charge is 0.493 e. The van der Waals surface area contributed by atoms with Gasteiger partial charge in [-0.05, 0) is 42.7 Å². The summed E-state index contributed by atoms with van der Waals surface area (Å²) in [7, 11) is 1.45. The molecule has 0 aromatic heterocycles. The molecule has 0 saturated heterocycles. The first-order chi connectivity index (χ1) is 15.2. The molecule has 0 atom stereocenters. The van der Waals surface area contributed by atoms with Gasteiger partial charge in [-0.1, -0.05) is 13.8 Å². The lowest BCUT2D eigenvalue weighted by Crippen LogP contribution is -2.46. The first kappa shape index (κ1) is 24.6. The predicted molar refractivity (Wildman–Crippen MR) is 112 cm³/mol. The third-order valence-corrected chi connectivity index (χ3v) is 4.28. The summed E-state index contributed by atoms with van der Waals surface area (Å²) in [4.78, 5) is 36.0. The van der Waals surface area contributed by atoms with Crippen LogP contribution in [0.4, 0.5) is 8.78 Å². The number of rotatable bonds is 9. The topological polar surface area (TPSA) is 106 Å². The maximum Gasteiger partial charge on any atom is 0.269 e. The molecule has 172 valence electrons. The number of ether oxygens (including phenoxy) is 2. The van der Waals surface area contributed by atoms with Crippen molar-refractivity contribution in [2.24, 2.45) is 5.92 Å². The Kier molecular flexibility index (Phi) is 8.94. The van der Waals surface area contributed by atoms with Crippen LogP contribution in [-0.4, -0.2) is 38.0 Å². The van der Waals surface area contributed by atoms with E-state index >= 15 is 0 Å². The van der Waals surface area contributed by atoms with E-state index in [0.29, 0.717) is 30.1 Å². The fourth-order valence-electron chi connectivity index (χ4n) is 2.50. The van der Waals surface area contributed by atoms with Crippen molar-refractivity contribution in [3.8, 4) is 11.5 Å². The van der Waals surface area contributed by atoms with Crippen LogP contribution < -0.4 is 25.6 Å². The second-order valence-corrected chi connectivity index (χ2v) is 7.21. The van der Waals surface area contributed by atoms with E-state index in [4.69, 9.17) is 9.47 Å². The van der Waals surface area contributed by atoms with E-state index in [1.54, 1.807) is 6.07 Å². The zero-order valence-electron chi connectivity index (χ0n) is 18.0. The highest BCUT2D eigenvalue weighted by molar-refractivity contribution is 5.98. The lowest BCUT2D eigenvalue weighted by atomic mass is 10.1. The predicted octanol–water partition coefficient (Wildman–Crippen LogP) is 2.59. The molecule has 0 heterocycles. The van der Waals surface area contributed by atoms with E-state index < -0.39 is 41.5 Å². The van der Waals surface area contributed by atoms with Crippen LogP contribution in [-0.2, 0) is 4.79 Å². The van der Waals surface area contributed by atoms with Crippen molar-refractivity contribution < 1.29 is 32.6 Å². The van der Waals surface area contributed by atoms with E-state index in [0.717, 1.165) is 18.6 Å². The van der Waals surface area contributed by atoms with Crippen molar-refractivity contribution in [1.29, 1.82) is 0 Å². The van der Waals surface area contributed by atoms with Gasteiger partial charge in [0.05, 0.1) is 25.8 Å². The van der Waals surface area contributed by atoms with Crippen LogP contribution in [0.3, 0.4) is 0 Å². The molecule has 0 unspecified atom stereocenters. The molecule has 0 fully saturated rings. The molecular formula is C22H25F2N3O5. The number of carbonyl (C=O) groups is 3. The van der Waals surface area contributed by atoms with Gasteiger partial charge in [-0.15, -0.1) is 0 Å². The van der Waals surface area contributed by atoms with E-state index in [2.05, 4.69) is 30.0 Å². The van der Waals surface area contributed by atoms with Crippen molar-refractivity contribution in [1.82, 2.24) is 16.2 Å². The number of benzene rings is 2. The smallest absolute Gasteiger partial charge is 0.269 e. The highest BCUT2D eigenvalue weighted by atomic mass is 19.1. The number of hydrogen-bond acceptors (Lipinski definition) is 5. The number of carbonyl (C=O) groups excluding carboxylic acids is 3. The van der Waals surface area contributed by atoms with Crippen LogP contribution in [0.2, 0.25) is 0 Å². The summed E-state index contributed by atoms with van der Waals surface area (Å²) in [5.74, 6) is -2.83. The summed E-state index contributed by atoms with van der Waals surface area (Å²) in [6, 6.07) is 7.01. The number of nitrogens with one attached hydrogen (secondary N) is 3. The van der Waals surface area contributed by atoms with Gasteiger partial charge in [-0.3, -0.25) is 25.2 Å². The van der Waals surface area contributed by atoms with E-state index in [9.17, 15) is 23.2 Å². The fourth-order valence-corrected chi connectivity index (χ4v) is 2.50. The minimum absolute atomic E-state index is 0.204. The second kappa shape index (κ2) is 11.6. The van der Waals surface area contributed by atoms with Gasteiger partial charge in [0.15, 0.2) is 11.5 Å². The molecule has 3 N–H and O–H groups in total. The molecule has 3 amide bonds. The van der Waals surface area contributed by atoms with E-state index in [1.165, 1.54) is 19.2 Å². The fraction of sp³-hybridized carbons (Fsp3) is 0.318. The normalized spacial score (nSPS) is 10.4. The average Bonchev–Trinajstić information content (AvgIpc) is 2.75. The number of amides is 3. The van der Waals surface area contributed by atoms with Crippen molar-refractivity contribution in [3.05, 3.63) is 59.2 Å². The quantitative estimate of drug-likeness (QED) is 0.511. The van der Waals surface area contributed by atoms with Gasteiger partial charge in [0.2, 0.25) is 0 Å². The zero-order chi connectivity index (χ0) is 23.7. The van der Waals surface area contributed by atoms with Crippen LogP contribution in [0.5, 0.6) is 11.5 Å². The van der Waals surface area contributed by atoms with Gasteiger partial charge in [0.25, 0.3) is 17.7 Å². The summed E-state index contributed by atoms with van der Waals surface area (Å²) < 4.78 is 37.4. The molecule has 0 aliphatic carbocycles. The number of methoxy groups -OCH3 is 1. The second-order valence-electron chi connectivity index (χ2n) is 7.21. The Morgan fingerprint density at radius 1 is 0.969 bits per heavy atom. The summed E-state index contributed by atoms with van der Waals surface area (Å²) in [6.07, 6.45) is 0.863. The van der Waals surface area contributed by atoms with Gasteiger partial charge in [-0.2, -0.15) is 0 Å². The summed E-state index contributed by atoms with van der Waals surface area (Å²) in [6.45, 7) is 4.12. The van der Waals surface area contributed by atoms with Crippen LogP contribution in [0.1, 0.15) is 41.0 Å². The Morgan fingerprint density at radius 3 is 2.38 bits per heavy atom. The lowest BCUT2D eigenvalue weighted by molar-refractivity contribution is -0.120. The molecule has 0 radical (unpaired) electrons. The molecule has 0 aliphatic heterocycles. The van der Waals surface area contributed by atoms with Gasteiger partial charge in [0, 0.05) is 11.6 Å². The van der Waals surface area contributed by atoms with Crippen molar-refractivity contribution in [2.45, 2.75) is 20.3 Å². The minimum atomic E-state index is -1.05. The third-order valence-electron chi connectivity index (χ3n) is 4.28. The summed E-state index contributed by atoms with van der Waals surface area (Å²) >= 11 is 0. The van der Waals surface area contributed by atoms with E-state index in [1.807, 2.05) is 0 Å². The standard InChI is InChI=1S/C22H25F2N3O5/c1-13(2)8-9-32-18-7-4-14(10-19(18)31-3)21(29)27-26-20(28)12-25-22(30)16-6-5-15(23)11-17(16)24/h4-7,10-11,13H,8-9,12H2,1-3H3,(H,25,30)(H,26,28)(H,27,29). The van der Waals surface area contributed by atoms with Crippen LogP contribution in [0.25, 0.3) is 0 Å². The van der Waals surface area contributed by atoms with Crippen LogP contribution in [0.15, 0.2) is 36.4 Å². The highest BCUT2D eigenvalue weighted by Crippen LogP contribution is 2.28. The minimum Gasteiger partial charge on any atom is -0.493 e. The Balaban J connectivity index is 1.85. The van der Waals surface area contributed by atoms with Gasteiger partial charge >= 0.3 is 0 Å². The maximum atomic E-state index is 13.6. The number of halogens is 2. The maximum absolute atomic E-state index is 13.6. The van der Waals surface area contributed by atoms with Gasteiger partial charge in [0.1, 0.15) is 11.6 Å². The van der Waals surface area contributed by atoms with Gasteiger partial charge in [-0.25, -0.2) is 8.78 Å². The number of hydrazine groups is 1. The van der Waals surface area contributed by atoms with Crippen LogP contribution in [0, 0.1) is 17.6 Å². The third kappa shape index (κ3) is 7.22. The average molecular weight is 449 g/mol. The molecule has 2 rings (SSSR count).